The third kappa shape index (κ3) is 4.96. The fourth-order valence-electron chi connectivity index (χ4n) is 2.69. The Hall–Kier alpha value is -3.18. The normalized spacial score (nSPS) is 10.2. The predicted molar refractivity (Wildman–Crippen MR) is 110 cm³/mol. The van der Waals surface area contributed by atoms with Crippen LogP contribution in [0.5, 0.6) is 23.0 Å². The lowest BCUT2D eigenvalue weighted by Crippen LogP contribution is -2.15. The van der Waals surface area contributed by atoms with Gasteiger partial charge in [-0.3, -0.25) is 4.79 Å². The summed E-state index contributed by atoms with van der Waals surface area (Å²) >= 11 is 6.11. The highest BCUT2D eigenvalue weighted by Gasteiger charge is 2.14. The number of halogens is 1. The molecule has 0 aliphatic heterocycles. The van der Waals surface area contributed by atoms with E-state index in [1.54, 1.807) is 50.6 Å². The number of amides is 1. The van der Waals surface area contributed by atoms with E-state index in [-0.39, 0.29) is 12.3 Å². The van der Waals surface area contributed by atoms with Crippen LogP contribution in [0.2, 0.25) is 5.02 Å². The Kier molecular flexibility index (Phi) is 6.40. The number of carbonyl (C=O) groups excluding carboxylic acids is 1. The molecule has 28 heavy (non-hydrogen) atoms. The molecular formula is C22H20ClNO4. The van der Waals surface area contributed by atoms with Gasteiger partial charge in [0.2, 0.25) is 5.91 Å². The van der Waals surface area contributed by atoms with Crippen LogP contribution in [-0.2, 0) is 11.2 Å². The number of anilines is 1. The minimum atomic E-state index is -0.230. The largest absolute Gasteiger partial charge is 0.497 e. The molecule has 0 aliphatic rings. The van der Waals surface area contributed by atoms with Crippen molar-refractivity contribution < 1.29 is 19.0 Å². The smallest absolute Gasteiger partial charge is 0.229 e. The first-order chi connectivity index (χ1) is 13.6. The molecule has 0 heterocycles. The number of hydrogen-bond acceptors (Lipinski definition) is 4. The Morgan fingerprint density at radius 3 is 2.36 bits per heavy atom. The number of carbonyl (C=O) groups is 1. The Balaban J connectivity index is 1.80. The zero-order valence-electron chi connectivity index (χ0n) is 15.6. The van der Waals surface area contributed by atoms with E-state index < -0.39 is 0 Å². The maximum Gasteiger partial charge on any atom is 0.229 e. The van der Waals surface area contributed by atoms with Gasteiger partial charge < -0.3 is 19.5 Å². The van der Waals surface area contributed by atoms with Gasteiger partial charge in [0.1, 0.15) is 17.2 Å². The molecule has 144 valence electrons. The number of benzene rings is 3. The van der Waals surface area contributed by atoms with E-state index in [0.29, 0.717) is 39.3 Å². The van der Waals surface area contributed by atoms with Crippen molar-refractivity contribution in [1.29, 1.82) is 0 Å². The number of methoxy groups -OCH3 is 2. The third-order valence-corrected chi connectivity index (χ3v) is 4.26. The van der Waals surface area contributed by atoms with Crippen molar-refractivity contribution >= 4 is 23.2 Å². The van der Waals surface area contributed by atoms with Gasteiger partial charge in [-0.1, -0.05) is 29.8 Å². The van der Waals surface area contributed by atoms with Gasteiger partial charge in [0.25, 0.3) is 0 Å². The van der Waals surface area contributed by atoms with E-state index in [9.17, 15) is 4.79 Å². The van der Waals surface area contributed by atoms with Crippen molar-refractivity contribution in [1.82, 2.24) is 0 Å². The molecule has 0 saturated heterocycles. The fraction of sp³-hybridized carbons (Fsp3) is 0.136. The van der Waals surface area contributed by atoms with Gasteiger partial charge in [-0.2, -0.15) is 0 Å². The van der Waals surface area contributed by atoms with E-state index in [2.05, 4.69) is 5.32 Å². The number of rotatable bonds is 7. The lowest BCUT2D eigenvalue weighted by Gasteiger charge is -2.14. The van der Waals surface area contributed by atoms with Gasteiger partial charge in [-0.15, -0.1) is 0 Å². The molecule has 3 aromatic carbocycles. The standard InChI is InChI=1S/C22H20ClNO4/c1-26-18-9-11-20(27-2)15(12-18)13-22(25)24-19-14-16(23)8-10-21(19)28-17-6-4-3-5-7-17/h3-12,14H,13H2,1-2H3,(H,24,25). The molecule has 5 nitrogen and oxygen atoms in total. The summed E-state index contributed by atoms with van der Waals surface area (Å²) in [6.07, 6.45) is 0.109. The van der Waals surface area contributed by atoms with Gasteiger partial charge in [-0.05, 0) is 48.5 Å². The van der Waals surface area contributed by atoms with Gasteiger partial charge in [0, 0.05) is 10.6 Å². The van der Waals surface area contributed by atoms with Crippen molar-refractivity contribution in [3.63, 3.8) is 0 Å². The van der Waals surface area contributed by atoms with Crippen LogP contribution in [0.1, 0.15) is 5.56 Å². The quantitative estimate of drug-likeness (QED) is 0.585. The summed E-state index contributed by atoms with van der Waals surface area (Å²) in [4.78, 5) is 12.7. The zero-order chi connectivity index (χ0) is 19.9. The lowest BCUT2D eigenvalue weighted by atomic mass is 10.1. The van der Waals surface area contributed by atoms with Crippen molar-refractivity contribution in [2.75, 3.05) is 19.5 Å². The van der Waals surface area contributed by atoms with Crippen LogP contribution < -0.4 is 19.5 Å². The molecule has 1 amide bonds. The van der Waals surface area contributed by atoms with E-state index in [1.165, 1.54) is 0 Å². The van der Waals surface area contributed by atoms with Crippen LogP contribution in [-0.4, -0.2) is 20.1 Å². The number of hydrogen-bond donors (Lipinski definition) is 1. The molecule has 0 aliphatic carbocycles. The molecule has 0 atom stereocenters. The monoisotopic (exact) mass is 397 g/mol. The Morgan fingerprint density at radius 2 is 1.64 bits per heavy atom. The SMILES string of the molecule is COc1ccc(OC)c(CC(=O)Nc2cc(Cl)ccc2Oc2ccccc2)c1. The fourth-order valence-corrected chi connectivity index (χ4v) is 2.86. The molecule has 0 bridgehead atoms. The predicted octanol–water partition coefficient (Wildman–Crippen LogP) is 5.33. The minimum Gasteiger partial charge on any atom is -0.497 e. The molecule has 0 saturated carbocycles. The minimum absolute atomic E-state index is 0.109. The average molecular weight is 398 g/mol. The Morgan fingerprint density at radius 1 is 0.893 bits per heavy atom. The van der Waals surface area contributed by atoms with E-state index in [1.807, 2.05) is 30.3 Å². The van der Waals surface area contributed by atoms with Crippen LogP contribution in [0, 0.1) is 0 Å². The van der Waals surface area contributed by atoms with Crippen molar-refractivity contribution in [3.05, 3.63) is 77.3 Å². The molecule has 1 N–H and O–H groups in total. The van der Waals surface area contributed by atoms with E-state index in [4.69, 9.17) is 25.8 Å². The first-order valence-corrected chi connectivity index (χ1v) is 9.00. The average Bonchev–Trinajstić information content (AvgIpc) is 2.70. The third-order valence-electron chi connectivity index (χ3n) is 4.03. The van der Waals surface area contributed by atoms with Crippen LogP contribution >= 0.6 is 11.6 Å². The number of ether oxygens (including phenoxy) is 3. The first kappa shape index (κ1) is 19.6. The molecule has 0 aromatic heterocycles. The van der Waals surface area contributed by atoms with Gasteiger partial charge in [-0.25, -0.2) is 0 Å². The van der Waals surface area contributed by atoms with Crippen LogP contribution in [0.15, 0.2) is 66.7 Å². The number of para-hydroxylation sites is 1. The summed E-state index contributed by atoms with van der Waals surface area (Å²) in [6, 6.07) is 19.7. The number of nitrogens with one attached hydrogen (secondary N) is 1. The summed E-state index contributed by atoms with van der Waals surface area (Å²) in [6.45, 7) is 0. The molecule has 0 unspecified atom stereocenters. The maximum atomic E-state index is 12.7. The Labute approximate surface area is 168 Å². The van der Waals surface area contributed by atoms with E-state index in [0.717, 1.165) is 0 Å². The topological polar surface area (TPSA) is 56.8 Å². The second-order valence-corrected chi connectivity index (χ2v) is 6.39. The summed E-state index contributed by atoms with van der Waals surface area (Å²) in [7, 11) is 3.14. The highest BCUT2D eigenvalue weighted by molar-refractivity contribution is 6.31. The molecular weight excluding hydrogens is 378 g/mol. The van der Waals surface area contributed by atoms with Crippen LogP contribution in [0.4, 0.5) is 5.69 Å². The molecule has 3 rings (SSSR count). The molecule has 6 heteroatoms. The van der Waals surface area contributed by atoms with Crippen LogP contribution in [0.3, 0.4) is 0 Å². The summed E-state index contributed by atoms with van der Waals surface area (Å²) < 4.78 is 16.4. The summed E-state index contributed by atoms with van der Waals surface area (Å²) in [5, 5.41) is 3.36. The van der Waals surface area contributed by atoms with E-state index >= 15 is 0 Å². The first-order valence-electron chi connectivity index (χ1n) is 8.62. The summed E-state index contributed by atoms with van der Waals surface area (Å²) in [5.74, 6) is 2.20. The Bertz CT molecular complexity index is 960. The molecule has 0 fully saturated rings. The van der Waals surface area contributed by atoms with Crippen molar-refractivity contribution in [2.45, 2.75) is 6.42 Å². The lowest BCUT2D eigenvalue weighted by molar-refractivity contribution is -0.115. The summed E-state index contributed by atoms with van der Waals surface area (Å²) in [5.41, 5.74) is 1.20. The second-order valence-electron chi connectivity index (χ2n) is 5.96. The molecule has 0 spiro atoms. The highest BCUT2D eigenvalue weighted by atomic mass is 35.5. The molecule has 3 aromatic rings. The maximum absolute atomic E-state index is 12.7. The van der Waals surface area contributed by atoms with Gasteiger partial charge in [0.15, 0.2) is 5.75 Å². The van der Waals surface area contributed by atoms with Crippen LogP contribution in [0.25, 0.3) is 0 Å². The van der Waals surface area contributed by atoms with Crippen molar-refractivity contribution in [3.8, 4) is 23.0 Å². The second kappa shape index (κ2) is 9.15. The van der Waals surface area contributed by atoms with Gasteiger partial charge >= 0.3 is 0 Å². The molecule has 0 radical (unpaired) electrons. The highest BCUT2D eigenvalue weighted by Crippen LogP contribution is 2.32. The van der Waals surface area contributed by atoms with Gasteiger partial charge in [0.05, 0.1) is 26.3 Å². The van der Waals surface area contributed by atoms with Crippen molar-refractivity contribution in [2.24, 2.45) is 0 Å². The zero-order valence-corrected chi connectivity index (χ0v) is 16.3.